The lowest BCUT2D eigenvalue weighted by Gasteiger charge is -2.25. The van der Waals surface area contributed by atoms with Crippen LogP contribution in [0.1, 0.15) is 18.9 Å². The molecule has 0 saturated heterocycles. The molecule has 1 atom stereocenters. The van der Waals surface area contributed by atoms with Crippen molar-refractivity contribution in [2.24, 2.45) is 0 Å². The number of hydrogen-bond donors (Lipinski definition) is 0. The molecule has 0 heterocycles. The van der Waals surface area contributed by atoms with Crippen molar-refractivity contribution in [1.82, 2.24) is 4.90 Å². The van der Waals surface area contributed by atoms with Crippen molar-refractivity contribution >= 4 is 23.5 Å². The predicted molar refractivity (Wildman–Crippen MR) is 89.1 cm³/mol. The van der Waals surface area contributed by atoms with Gasteiger partial charge in [-0.05, 0) is 25.0 Å². The summed E-state index contributed by atoms with van der Waals surface area (Å²) in [6.45, 7) is 5.71. The molecule has 0 radical (unpaired) electrons. The normalized spacial score (nSPS) is 11.6. The molecule has 0 aliphatic heterocycles. The van der Waals surface area contributed by atoms with Crippen LogP contribution in [0, 0.1) is 0 Å². The van der Waals surface area contributed by atoms with Crippen molar-refractivity contribution in [3.05, 3.63) is 47.5 Å². The van der Waals surface area contributed by atoms with Gasteiger partial charge in [0.2, 0.25) is 0 Å². The third-order valence-electron chi connectivity index (χ3n) is 3.22. The number of amides is 1. The molecule has 1 aromatic rings. The molecular formula is C17H22ClNO4. The molecule has 0 aromatic heterocycles. The van der Waals surface area contributed by atoms with Gasteiger partial charge in [-0.3, -0.25) is 9.59 Å². The van der Waals surface area contributed by atoms with Gasteiger partial charge in [0, 0.05) is 11.6 Å². The van der Waals surface area contributed by atoms with E-state index in [1.54, 1.807) is 25.1 Å². The maximum Gasteiger partial charge on any atom is 0.325 e. The highest BCUT2D eigenvalue weighted by Crippen LogP contribution is 2.18. The van der Waals surface area contributed by atoms with E-state index in [4.69, 9.17) is 16.3 Å². The van der Waals surface area contributed by atoms with Crippen molar-refractivity contribution in [1.29, 1.82) is 0 Å². The zero-order valence-corrected chi connectivity index (χ0v) is 14.2. The fourth-order valence-corrected chi connectivity index (χ4v) is 2.12. The topological polar surface area (TPSA) is 55.8 Å². The van der Waals surface area contributed by atoms with Crippen molar-refractivity contribution in [3.63, 3.8) is 0 Å². The van der Waals surface area contributed by atoms with Gasteiger partial charge >= 0.3 is 5.97 Å². The van der Waals surface area contributed by atoms with E-state index in [9.17, 15) is 9.59 Å². The average Bonchev–Trinajstić information content (AvgIpc) is 2.55. The molecular weight excluding hydrogens is 318 g/mol. The van der Waals surface area contributed by atoms with Crippen LogP contribution < -0.4 is 0 Å². The number of halogens is 1. The van der Waals surface area contributed by atoms with Gasteiger partial charge < -0.3 is 14.4 Å². The van der Waals surface area contributed by atoms with Crippen LogP contribution in [0.4, 0.5) is 0 Å². The zero-order chi connectivity index (χ0) is 17.2. The summed E-state index contributed by atoms with van der Waals surface area (Å²) in [5.41, 5.74) is 0.754. The molecule has 5 nitrogen and oxygen atoms in total. The van der Waals surface area contributed by atoms with E-state index in [2.05, 4.69) is 11.3 Å². The Morgan fingerprint density at radius 1 is 1.39 bits per heavy atom. The third-order valence-corrected chi connectivity index (χ3v) is 3.58. The van der Waals surface area contributed by atoms with E-state index >= 15 is 0 Å². The van der Waals surface area contributed by atoms with E-state index in [-0.39, 0.29) is 19.0 Å². The minimum Gasteiger partial charge on any atom is -0.468 e. The Balaban J connectivity index is 2.82. The maximum atomic E-state index is 12.5. The monoisotopic (exact) mass is 339 g/mol. The third kappa shape index (κ3) is 6.42. The lowest BCUT2D eigenvalue weighted by molar-refractivity contribution is -0.152. The number of benzene rings is 1. The molecule has 0 saturated carbocycles. The van der Waals surface area contributed by atoms with Gasteiger partial charge in [0.15, 0.2) is 0 Å². The smallest absolute Gasteiger partial charge is 0.325 e. The molecule has 1 aromatic carbocycles. The lowest BCUT2D eigenvalue weighted by Crippen LogP contribution is -2.42. The highest BCUT2D eigenvalue weighted by Gasteiger charge is 2.24. The van der Waals surface area contributed by atoms with E-state index in [0.717, 1.165) is 5.56 Å². The molecule has 0 spiro atoms. The fraction of sp³-hybridized carbons (Fsp3) is 0.412. The average molecular weight is 340 g/mol. The van der Waals surface area contributed by atoms with E-state index in [1.807, 2.05) is 12.1 Å². The number of nitrogens with zero attached hydrogens (tertiary/aromatic N) is 1. The van der Waals surface area contributed by atoms with E-state index in [0.29, 0.717) is 18.1 Å². The van der Waals surface area contributed by atoms with Crippen LogP contribution in [0.15, 0.2) is 36.9 Å². The Morgan fingerprint density at radius 3 is 2.70 bits per heavy atom. The molecule has 0 fully saturated rings. The fourth-order valence-electron chi connectivity index (χ4n) is 1.92. The minimum atomic E-state index is -0.665. The first-order valence-electron chi connectivity index (χ1n) is 7.31. The standard InChI is InChI=1S/C17H22ClNO4/c1-4-5-10-23-13(2)17(21)19(12-16(20)22-3)11-14-8-6-7-9-15(14)18/h4,6-9,13H,1,5,10-12H2,2-3H3. The largest absolute Gasteiger partial charge is 0.468 e. The van der Waals surface area contributed by atoms with Crippen LogP contribution in [0.3, 0.4) is 0 Å². The first-order chi connectivity index (χ1) is 11.0. The van der Waals surface area contributed by atoms with Gasteiger partial charge in [-0.25, -0.2) is 0 Å². The molecule has 0 aliphatic carbocycles. The van der Waals surface area contributed by atoms with Crippen molar-refractivity contribution in [3.8, 4) is 0 Å². The SMILES string of the molecule is C=CCCOC(C)C(=O)N(CC(=O)OC)Cc1ccccc1Cl. The number of esters is 1. The molecule has 6 heteroatoms. The summed E-state index contributed by atoms with van der Waals surface area (Å²) in [5.74, 6) is -0.789. The van der Waals surface area contributed by atoms with Gasteiger partial charge in [0.1, 0.15) is 12.6 Å². The molecule has 0 N–H and O–H groups in total. The van der Waals surface area contributed by atoms with Gasteiger partial charge in [-0.15, -0.1) is 6.58 Å². The second kappa shape index (κ2) is 10.0. The molecule has 0 bridgehead atoms. The minimum absolute atomic E-state index is 0.157. The van der Waals surface area contributed by atoms with Gasteiger partial charge in [0.25, 0.3) is 5.91 Å². The summed E-state index contributed by atoms with van der Waals surface area (Å²) in [4.78, 5) is 25.5. The summed E-state index contributed by atoms with van der Waals surface area (Å²) >= 11 is 6.13. The number of methoxy groups -OCH3 is 1. The van der Waals surface area contributed by atoms with E-state index < -0.39 is 12.1 Å². The van der Waals surface area contributed by atoms with Crippen LogP contribution >= 0.6 is 11.6 Å². The second-order valence-electron chi connectivity index (χ2n) is 4.95. The summed E-state index contributed by atoms with van der Waals surface area (Å²) in [5, 5.41) is 0.537. The first kappa shape index (κ1) is 19.2. The number of hydrogen-bond acceptors (Lipinski definition) is 4. The van der Waals surface area contributed by atoms with Crippen LogP contribution in [0.2, 0.25) is 5.02 Å². The molecule has 1 amide bonds. The second-order valence-corrected chi connectivity index (χ2v) is 5.36. The van der Waals surface area contributed by atoms with Crippen LogP contribution in [0.25, 0.3) is 0 Å². The Labute approximate surface area is 141 Å². The van der Waals surface area contributed by atoms with Crippen LogP contribution in [0.5, 0.6) is 0 Å². The quantitative estimate of drug-likeness (QED) is 0.394. The lowest BCUT2D eigenvalue weighted by atomic mass is 10.2. The summed E-state index contributed by atoms with van der Waals surface area (Å²) in [7, 11) is 1.28. The molecule has 1 rings (SSSR count). The Morgan fingerprint density at radius 2 is 2.09 bits per heavy atom. The molecule has 23 heavy (non-hydrogen) atoms. The number of ether oxygens (including phenoxy) is 2. The molecule has 1 unspecified atom stereocenters. The molecule has 126 valence electrons. The molecule has 0 aliphatic rings. The Kier molecular flexibility index (Phi) is 8.37. The maximum absolute atomic E-state index is 12.5. The Bertz CT molecular complexity index is 547. The van der Waals surface area contributed by atoms with Gasteiger partial charge in [-0.1, -0.05) is 35.9 Å². The van der Waals surface area contributed by atoms with Crippen LogP contribution in [-0.2, 0) is 25.6 Å². The van der Waals surface area contributed by atoms with Gasteiger partial charge in [0.05, 0.1) is 13.7 Å². The number of rotatable bonds is 9. The van der Waals surface area contributed by atoms with E-state index in [1.165, 1.54) is 12.0 Å². The predicted octanol–water partition coefficient (Wildman–Crippen LogP) is 2.82. The first-order valence-corrected chi connectivity index (χ1v) is 7.68. The number of carbonyl (C=O) groups excluding carboxylic acids is 2. The van der Waals surface area contributed by atoms with Gasteiger partial charge in [-0.2, -0.15) is 0 Å². The summed E-state index contributed by atoms with van der Waals surface area (Å²) in [6.07, 6.45) is 1.70. The number of carbonyl (C=O) groups is 2. The highest BCUT2D eigenvalue weighted by molar-refractivity contribution is 6.31. The van der Waals surface area contributed by atoms with Crippen molar-refractivity contribution in [2.45, 2.75) is 26.0 Å². The summed E-state index contributed by atoms with van der Waals surface area (Å²) < 4.78 is 10.1. The summed E-state index contributed by atoms with van der Waals surface area (Å²) in [6, 6.07) is 7.18. The van der Waals surface area contributed by atoms with Crippen molar-refractivity contribution in [2.75, 3.05) is 20.3 Å². The zero-order valence-electron chi connectivity index (χ0n) is 13.5. The van der Waals surface area contributed by atoms with Crippen molar-refractivity contribution < 1.29 is 19.1 Å². The Hall–Kier alpha value is -1.85. The van der Waals surface area contributed by atoms with Crippen LogP contribution in [-0.4, -0.2) is 43.1 Å². The highest BCUT2D eigenvalue weighted by atomic mass is 35.5.